The summed E-state index contributed by atoms with van der Waals surface area (Å²) in [5.41, 5.74) is 1.37. The number of carbonyl (C=O) groups is 1. The minimum atomic E-state index is -0.0566. The molecule has 1 fully saturated rings. The molecule has 1 aromatic heterocycles. The van der Waals surface area contributed by atoms with Crippen molar-refractivity contribution in [2.75, 3.05) is 26.3 Å². The van der Waals surface area contributed by atoms with Crippen molar-refractivity contribution >= 4 is 28.3 Å². The molecule has 3 rings (SSSR count). The van der Waals surface area contributed by atoms with Gasteiger partial charge in [0.15, 0.2) is 0 Å². The Morgan fingerprint density at radius 1 is 1.36 bits per heavy atom. The summed E-state index contributed by atoms with van der Waals surface area (Å²) in [5.74, 6) is -0.0566. The molecule has 22 heavy (non-hydrogen) atoms. The van der Waals surface area contributed by atoms with Crippen molar-refractivity contribution in [2.24, 2.45) is 0 Å². The van der Waals surface area contributed by atoms with Crippen molar-refractivity contribution in [1.29, 1.82) is 0 Å². The smallest absolute Gasteiger partial charge is 0.273 e. The monoisotopic (exact) mass is 318 g/mol. The first-order chi connectivity index (χ1) is 10.7. The Labute approximate surface area is 135 Å². The number of hydrogen-bond donors (Lipinski definition) is 0. The van der Waals surface area contributed by atoms with Crippen molar-refractivity contribution in [3.8, 4) is 0 Å². The average Bonchev–Trinajstić information content (AvgIpc) is 2.82. The molecule has 5 heteroatoms. The van der Waals surface area contributed by atoms with E-state index < -0.39 is 0 Å². The van der Waals surface area contributed by atoms with Crippen LogP contribution in [0.4, 0.5) is 0 Å². The number of aromatic nitrogens is 1. The molecule has 0 N–H and O–H groups in total. The van der Waals surface area contributed by atoms with Gasteiger partial charge in [-0.15, -0.1) is 0 Å². The molecule has 1 aliphatic rings. The largest absolute Gasteiger partial charge is 0.380 e. The maximum Gasteiger partial charge on any atom is 0.273 e. The van der Waals surface area contributed by atoms with Crippen molar-refractivity contribution in [3.05, 3.63) is 40.7 Å². The van der Waals surface area contributed by atoms with Gasteiger partial charge in [-0.1, -0.05) is 30.7 Å². The molecule has 1 aromatic carbocycles. The highest BCUT2D eigenvalue weighted by Crippen LogP contribution is 2.28. The van der Waals surface area contributed by atoms with Crippen LogP contribution in [-0.4, -0.2) is 42.1 Å². The first-order valence-electron chi connectivity index (χ1n) is 7.66. The second kappa shape index (κ2) is 6.63. The van der Waals surface area contributed by atoms with E-state index in [1.54, 1.807) is 6.07 Å². The topological polar surface area (TPSA) is 42.4 Å². The van der Waals surface area contributed by atoms with Crippen LogP contribution in [0.2, 0.25) is 5.02 Å². The number of fused-ring (bicyclic) bond motifs is 1. The van der Waals surface area contributed by atoms with Crippen molar-refractivity contribution in [2.45, 2.75) is 19.8 Å². The van der Waals surface area contributed by atoms with E-state index in [0.29, 0.717) is 37.0 Å². The lowest BCUT2D eigenvalue weighted by Crippen LogP contribution is -2.34. The second-order valence-corrected chi connectivity index (χ2v) is 5.82. The predicted octanol–water partition coefficient (Wildman–Crippen LogP) is 3.31. The molecule has 2 aromatic rings. The summed E-state index contributed by atoms with van der Waals surface area (Å²) >= 11 is 6.34. The van der Waals surface area contributed by atoms with Gasteiger partial charge in [-0.25, -0.2) is 4.98 Å². The van der Waals surface area contributed by atoms with Gasteiger partial charge in [0.1, 0.15) is 5.69 Å². The van der Waals surface area contributed by atoms with Crippen LogP contribution in [0.1, 0.15) is 29.5 Å². The Bertz CT molecular complexity index is 694. The van der Waals surface area contributed by atoms with Gasteiger partial charge in [-0.3, -0.25) is 4.79 Å². The first-order valence-corrected chi connectivity index (χ1v) is 8.03. The lowest BCUT2D eigenvalue weighted by atomic mass is 10.1. The quantitative estimate of drug-likeness (QED) is 0.853. The van der Waals surface area contributed by atoms with Crippen LogP contribution >= 0.6 is 11.6 Å². The number of rotatable bonds is 2. The van der Waals surface area contributed by atoms with Crippen LogP contribution in [0.5, 0.6) is 0 Å². The number of nitrogens with zero attached hydrogens (tertiary/aromatic N) is 2. The minimum Gasteiger partial charge on any atom is -0.380 e. The van der Waals surface area contributed by atoms with E-state index in [1.165, 1.54) is 0 Å². The standard InChI is InChI=1S/C17H19ClN2O2/c1-2-13-11-12-5-3-6-14(18)15(12)16(19-13)17(21)20-7-4-9-22-10-8-20/h3,5-6,11H,2,4,7-10H2,1H3. The summed E-state index contributed by atoms with van der Waals surface area (Å²) in [4.78, 5) is 19.3. The van der Waals surface area contributed by atoms with Gasteiger partial charge >= 0.3 is 0 Å². The van der Waals surface area contributed by atoms with Crippen molar-refractivity contribution < 1.29 is 9.53 Å². The summed E-state index contributed by atoms with van der Waals surface area (Å²) < 4.78 is 5.43. The Balaban J connectivity index is 2.09. The number of amides is 1. The van der Waals surface area contributed by atoms with E-state index in [0.717, 1.165) is 29.3 Å². The molecule has 1 aliphatic heterocycles. The number of ether oxygens (including phenoxy) is 1. The summed E-state index contributed by atoms with van der Waals surface area (Å²) in [7, 11) is 0. The van der Waals surface area contributed by atoms with E-state index in [9.17, 15) is 4.79 Å². The van der Waals surface area contributed by atoms with Gasteiger partial charge in [0.25, 0.3) is 5.91 Å². The van der Waals surface area contributed by atoms with Crippen LogP contribution in [-0.2, 0) is 11.2 Å². The van der Waals surface area contributed by atoms with Crippen LogP contribution < -0.4 is 0 Å². The second-order valence-electron chi connectivity index (χ2n) is 5.41. The molecule has 2 heterocycles. The fraction of sp³-hybridized carbons (Fsp3) is 0.412. The Hall–Kier alpha value is -1.65. The average molecular weight is 319 g/mol. The number of hydrogen-bond acceptors (Lipinski definition) is 3. The molecule has 0 spiro atoms. The number of aryl methyl sites for hydroxylation is 1. The fourth-order valence-corrected chi connectivity index (χ4v) is 3.03. The number of benzene rings is 1. The zero-order valence-corrected chi connectivity index (χ0v) is 13.4. The Kier molecular flexibility index (Phi) is 4.60. The lowest BCUT2D eigenvalue weighted by molar-refractivity contribution is 0.0737. The molecule has 116 valence electrons. The predicted molar refractivity (Wildman–Crippen MR) is 87.5 cm³/mol. The number of carbonyl (C=O) groups excluding carboxylic acids is 1. The number of pyridine rings is 1. The molecule has 0 aliphatic carbocycles. The molecule has 0 bridgehead atoms. The molecule has 0 atom stereocenters. The van der Waals surface area contributed by atoms with E-state index >= 15 is 0 Å². The Morgan fingerprint density at radius 2 is 2.23 bits per heavy atom. The molecule has 1 amide bonds. The molecule has 0 saturated carbocycles. The molecule has 4 nitrogen and oxygen atoms in total. The van der Waals surface area contributed by atoms with Gasteiger partial charge in [0.05, 0.1) is 11.6 Å². The third-order valence-corrected chi connectivity index (χ3v) is 4.25. The van der Waals surface area contributed by atoms with E-state index in [2.05, 4.69) is 4.98 Å². The van der Waals surface area contributed by atoms with E-state index in [4.69, 9.17) is 16.3 Å². The maximum absolute atomic E-state index is 12.9. The minimum absolute atomic E-state index is 0.0566. The highest BCUT2D eigenvalue weighted by Gasteiger charge is 2.22. The van der Waals surface area contributed by atoms with E-state index in [1.807, 2.05) is 30.0 Å². The maximum atomic E-state index is 12.9. The highest BCUT2D eigenvalue weighted by molar-refractivity contribution is 6.36. The summed E-state index contributed by atoms with van der Waals surface area (Å²) in [6, 6.07) is 7.69. The summed E-state index contributed by atoms with van der Waals surface area (Å²) in [6.45, 7) is 4.61. The van der Waals surface area contributed by atoms with Crippen LogP contribution in [0.3, 0.4) is 0 Å². The van der Waals surface area contributed by atoms with Crippen LogP contribution in [0.15, 0.2) is 24.3 Å². The zero-order valence-electron chi connectivity index (χ0n) is 12.6. The summed E-state index contributed by atoms with van der Waals surface area (Å²) in [6.07, 6.45) is 1.64. The highest BCUT2D eigenvalue weighted by atomic mass is 35.5. The van der Waals surface area contributed by atoms with E-state index in [-0.39, 0.29) is 5.91 Å². The van der Waals surface area contributed by atoms with Crippen molar-refractivity contribution in [1.82, 2.24) is 9.88 Å². The van der Waals surface area contributed by atoms with Gasteiger partial charge in [-0.2, -0.15) is 0 Å². The van der Waals surface area contributed by atoms with Crippen molar-refractivity contribution in [3.63, 3.8) is 0 Å². The lowest BCUT2D eigenvalue weighted by Gasteiger charge is -2.20. The molecule has 0 unspecified atom stereocenters. The van der Waals surface area contributed by atoms with Gasteiger partial charge in [-0.05, 0) is 30.4 Å². The van der Waals surface area contributed by atoms with Gasteiger partial charge < -0.3 is 9.64 Å². The zero-order chi connectivity index (χ0) is 15.5. The Morgan fingerprint density at radius 3 is 3.05 bits per heavy atom. The first kappa shape index (κ1) is 15.3. The van der Waals surface area contributed by atoms with Crippen LogP contribution in [0, 0.1) is 0 Å². The molecular weight excluding hydrogens is 300 g/mol. The van der Waals surface area contributed by atoms with Gasteiger partial charge in [0.2, 0.25) is 0 Å². The normalized spacial score (nSPS) is 15.8. The molecule has 1 saturated heterocycles. The number of halogens is 1. The van der Waals surface area contributed by atoms with Gasteiger partial charge in [0, 0.05) is 30.8 Å². The fourth-order valence-electron chi connectivity index (χ4n) is 2.76. The third kappa shape index (κ3) is 2.94. The SMILES string of the molecule is CCc1cc2cccc(Cl)c2c(C(=O)N2CCCOCC2)n1. The summed E-state index contributed by atoms with van der Waals surface area (Å²) in [5, 5.41) is 2.28. The van der Waals surface area contributed by atoms with Crippen LogP contribution in [0.25, 0.3) is 10.8 Å². The molecule has 0 radical (unpaired) electrons. The third-order valence-electron chi connectivity index (χ3n) is 3.93. The molecular formula is C17H19ClN2O2.